The molecule has 15 heavy (non-hydrogen) atoms. The average Bonchev–Trinajstić information content (AvgIpc) is 2.42. The van der Waals surface area contributed by atoms with Crippen molar-refractivity contribution in [1.82, 2.24) is 0 Å². The van der Waals surface area contributed by atoms with Gasteiger partial charge >= 0.3 is 5.97 Å². The monoisotopic (exact) mass is 229 g/mol. The van der Waals surface area contributed by atoms with Crippen LogP contribution in [-0.4, -0.2) is 17.5 Å². The average molecular weight is 229 g/mol. The lowest BCUT2D eigenvalue weighted by molar-refractivity contribution is -0.385. The summed E-state index contributed by atoms with van der Waals surface area (Å²) in [7, 11) is 0. The SMILES string of the molecule is CCOC(=O)c1sc(C)c([N+](=O)[O-])c1C. The Kier molecular flexibility index (Phi) is 3.41. The number of ether oxygens (including phenoxy) is 1. The third kappa shape index (κ3) is 2.15. The highest BCUT2D eigenvalue weighted by Crippen LogP contribution is 2.34. The molecule has 0 unspecified atom stereocenters. The number of carbonyl (C=O) groups excluding carboxylic acids is 1. The first kappa shape index (κ1) is 11.6. The topological polar surface area (TPSA) is 69.4 Å². The fourth-order valence-corrected chi connectivity index (χ4v) is 2.33. The first-order chi connectivity index (χ1) is 6.99. The Hall–Kier alpha value is -1.43. The number of hydrogen-bond acceptors (Lipinski definition) is 5. The number of nitrogens with zero attached hydrogens (tertiary/aromatic N) is 1. The number of nitro groups is 1. The van der Waals surface area contributed by atoms with Crippen molar-refractivity contribution in [2.75, 3.05) is 6.61 Å². The largest absolute Gasteiger partial charge is 0.462 e. The van der Waals surface area contributed by atoms with E-state index < -0.39 is 10.9 Å². The van der Waals surface area contributed by atoms with Crippen molar-refractivity contribution in [3.05, 3.63) is 25.4 Å². The van der Waals surface area contributed by atoms with Crippen LogP contribution in [0.25, 0.3) is 0 Å². The van der Waals surface area contributed by atoms with Gasteiger partial charge in [-0.3, -0.25) is 10.1 Å². The van der Waals surface area contributed by atoms with Gasteiger partial charge in [-0.05, 0) is 20.8 Å². The molecule has 0 fully saturated rings. The highest BCUT2D eigenvalue weighted by atomic mass is 32.1. The summed E-state index contributed by atoms with van der Waals surface area (Å²) in [5.41, 5.74) is 0.406. The van der Waals surface area contributed by atoms with Gasteiger partial charge in [0, 0.05) is 0 Å². The number of carbonyl (C=O) groups is 1. The lowest BCUT2D eigenvalue weighted by atomic mass is 10.2. The van der Waals surface area contributed by atoms with Crippen LogP contribution >= 0.6 is 11.3 Å². The molecule has 0 N–H and O–H groups in total. The molecule has 1 heterocycles. The van der Waals surface area contributed by atoms with Crippen LogP contribution in [-0.2, 0) is 4.74 Å². The van der Waals surface area contributed by atoms with E-state index in [1.54, 1.807) is 20.8 Å². The van der Waals surface area contributed by atoms with Gasteiger partial charge in [0.15, 0.2) is 0 Å². The summed E-state index contributed by atoms with van der Waals surface area (Å²) in [6.07, 6.45) is 0. The van der Waals surface area contributed by atoms with E-state index >= 15 is 0 Å². The van der Waals surface area contributed by atoms with Crippen molar-refractivity contribution in [2.45, 2.75) is 20.8 Å². The maximum atomic E-state index is 11.4. The highest BCUT2D eigenvalue weighted by molar-refractivity contribution is 7.14. The molecule has 0 spiro atoms. The summed E-state index contributed by atoms with van der Waals surface area (Å²) >= 11 is 1.10. The first-order valence-electron chi connectivity index (χ1n) is 4.40. The molecule has 0 aliphatic carbocycles. The lowest BCUT2D eigenvalue weighted by Gasteiger charge is -1.98. The Morgan fingerprint density at radius 1 is 1.53 bits per heavy atom. The molecule has 0 saturated carbocycles. The Labute approximate surface area is 90.8 Å². The number of thiophene rings is 1. The molecule has 1 aromatic heterocycles. The van der Waals surface area contributed by atoms with Crippen LogP contribution in [0.15, 0.2) is 0 Å². The molecule has 82 valence electrons. The number of rotatable bonds is 3. The van der Waals surface area contributed by atoms with Crippen molar-refractivity contribution in [1.29, 1.82) is 0 Å². The molecule has 0 aliphatic heterocycles. The Morgan fingerprint density at radius 2 is 2.13 bits per heavy atom. The molecule has 0 aromatic carbocycles. The van der Waals surface area contributed by atoms with Crippen LogP contribution in [0.4, 0.5) is 5.69 Å². The van der Waals surface area contributed by atoms with Crippen LogP contribution in [0.5, 0.6) is 0 Å². The summed E-state index contributed by atoms with van der Waals surface area (Å²) in [5, 5.41) is 10.7. The molecule has 0 aliphatic rings. The van der Waals surface area contributed by atoms with Crippen LogP contribution in [0.3, 0.4) is 0 Å². The van der Waals surface area contributed by atoms with Gasteiger partial charge < -0.3 is 4.74 Å². The molecule has 0 bridgehead atoms. The summed E-state index contributed by atoms with van der Waals surface area (Å²) < 4.78 is 4.81. The van der Waals surface area contributed by atoms with Crippen molar-refractivity contribution in [2.24, 2.45) is 0 Å². The Morgan fingerprint density at radius 3 is 2.53 bits per heavy atom. The molecular formula is C9H11NO4S. The van der Waals surface area contributed by atoms with Crippen molar-refractivity contribution >= 4 is 23.0 Å². The second-order valence-corrected chi connectivity index (χ2v) is 4.16. The molecule has 5 nitrogen and oxygen atoms in total. The minimum absolute atomic E-state index is 0.0167. The van der Waals surface area contributed by atoms with Gasteiger partial charge in [-0.15, -0.1) is 11.3 Å². The standard InChI is InChI=1S/C9H11NO4S/c1-4-14-9(11)8-5(2)7(10(12)13)6(3)15-8/h4H2,1-3H3. The number of hydrogen-bond donors (Lipinski definition) is 0. The summed E-state index contributed by atoms with van der Waals surface area (Å²) in [6, 6.07) is 0. The fraction of sp³-hybridized carbons (Fsp3) is 0.444. The smallest absolute Gasteiger partial charge is 0.348 e. The predicted octanol–water partition coefficient (Wildman–Crippen LogP) is 2.45. The molecule has 0 radical (unpaired) electrons. The first-order valence-corrected chi connectivity index (χ1v) is 5.22. The van der Waals surface area contributed by atoms with Crippen molar-refractivity contribution < 1.29 is 14.5 Å². The molecule has 1 aromatic rings. The van der Waals surface area contributed by atoms with Gasteiger partial charge in [0.25, 0.3) is 5.69 Å². The predicted molar refractivity (Wildman–Crippen MR) is 56.4 cm³/mol. The second-order valence-electron chi connectivity index (χ2n) is 2.94. The molecular weight excluding hydrogens is 218 g/mol. The van der Waals surface area contributed by atoms with Gasteiger partial charge in [-0.1, -0.05) is 0 Å². The minimum Gasteiger partial charge on any atom is -0.462 e. The van der Waals surface area contributed by atoms with Crippen LogP contribution < -0.4 is 0 Å². The Bertz CT molecular complexity index is 410. The van der Waals surface area contributed by atoms with E-state index in [4.69, 9.17) is 4.74 Å². The molecule has 0 saturated heterocycles. The third-order valence-electron chi connectivity index (χ3n) is 1.93. The minimum atomic E-state index is -0.490. The quantitative estimate of drug-likeness (QED) is 0.453. The van der Waals surface area contributed by atoms with E-state index in [0.29, 0.717) is 15.3 Å². The molecule has 0 amide bonds. The summed E-state index contributed by atoms with van der Waals surface area (Å²) in [6.45, 7) is 5.15. The maximum Gasteiger partial charge on any atom is 0.348 e. The normalized spacial score (nSPS) is 10.1. The van der Waals surface area contributed by atoms with Gasteiger partial charge in [0.1, 0.15) is 4.88 Å². The van der Waals surface area contributed by atoms with Crippen molar-refractivity contribution in [3.8, 4) is 0 Å². The molecule has 6 heteroatoms. The molecule has 1 rings (SSSR count). The third-order valence-corrected chi connectivity index (χ3v) is 3.10. The van der Waals surface area contributed by atoms with Gasteiger partial charge in [0.2, 0.25) is 0 Å². The van der Waals surface area contributed by atoms with E-state index in [1.165, 1.54) is 0 Å². The van der Waals surface area contributed by atoms with Gasteiger partial charge in [0.05, 0.1) is 22.0 Å². The maximum absolute atomic E-state index is 11.4. The van der Waals surface area contributed by atoms with Crippen LogP contribution in [0.2, 0.25) is 0 Å². The van der Waals surface area contributed by atoms with Gasteiger partial charge in [-0.2, -0.15) is 0 Å². The fourth-order valence-electron chi connectivity index (χ4n) is 1.31. The number of esters is 1. The van der Waals surface area contributed by atoms with Crippen LogP contribution in [0.1, 0.15) is 27.0 Å². The Balaban J connectivity index is 3.17. The van der Waals surface area contributed by atoms with E-state index in [0.717, 1.165) is 11.3 Å². The summed E-state index contributed by atoms with van der Waals surface area (Å²) in [4.78, 5) is 22.5. The zero-order chi connectivity index (χ0) is 11.6. The van der Waals surface area contributed by atoms with Crippen LogP contribution in [0, 0.1) is 24.0 Å². The van der Waals surface area contributed by atoms with E-state index in [9.17, 15) is 14.9 Å². The lowest BCUT2D eigenvalue weighted by Crippen LogP contribution is -2.04. The summed E-state index contributed by atoms with van der Waals surface area (Å²) in [5.74, 6) is -0.490. The highest BCUT2D eigenvalue weighted by Gasteiger charge is 2.25. The van der Waals surface area contributed by atoms with E-state index in [1.807, 2.05) is 0 Å². The number of aryl methyl sites for hydroxylation is 1. The van der Waals surface area contributed by atoms with Gasteiger partial charge in [-0.25, -0.2) is 4.79 Å². The van der Waals surface area contributed by atoms with Crippen molar-refractivity contribution in [3.63, 3.8) is 0 Å². The molecule has 0 atom stereocenters. The second kappa shape index (κ2) is 4.39. The zero-order valence-corrected chi connectivity index (χ0v) is 9.51. The van der Waals surface area contributed by atoms with E-state index in [2.05, 4.69) is 0 Å². The van der Waals surface area contributed by atoms with E-state index in [-0.39, 0.29) is 12.3 Å². The zero-order valence-electron chi connectivity index (χ0n) is 8.70.